The van der Waals surface area contributed by atoms with Crippen LogP contribution in [0.2, 0.25) is 0 Å². The Morgan fingerprint density at radius 1 is 1.17 bits per heavy atom. The Balaban J connectivity index is 1.47. The molecule has 0 unspecified atom stereocenters. The van der Waals surface area contributed by atoms with Crippen LogP contribution in [0.15, 0.2) is 65.7 Å². The molecule has 0 bridgehead atoms. The van der Waals surface area contributed by atoms with Gasteiger partial charge in [-0.3, -0.25) is 9.78 Å². The van der Waals surface area contributed by atoms with Crippen molar-refractivity contribution in [1.29, 1.82) is 0 Å². The molecule has 1 atom stereocenters. The van der Waals surface area contributed by atoms with Crippen LogP contribution in [0, 0.1) is 5.92 Å². The summed E-state index contributed by atoms with van der Waals surface area (Å²) in [6.07, 6.45) is 2.88. The molecule has 1 amide bonds. The minimum absolute atomic E-state index is 0.168. The quantitative estimate of drug-likeness (QED) is 0.678. The summed E-state index contributed by atoms with van der Waals surface area (Å²) in [6.45, 7) is 0.585. The maximum absolute atomic E-state index is 12.9. The molecule has 2 aromatic carbocycles. The van der Waals surface area contributed by atoms with Gasteiger partial charge in [0.05, 0.1) is 35.3 Å². The Morgan fingerprint density at radius 2 is 1.97 bits per heavy atom. The van der Waals surface area contributed by atoms with Crippen molar-refractivity contribution in [2.24, 2.45) is 5.92 Å². The van der Waals surface area contributed by atoms with Gasteiger partial charge in [0.1, 0.15) is 5.75 Å². The Kier molecular flexibility index (Phi) is 5.69. The van der Waals surface area contributed by atoms with E-state index in [-0.39, 0.29) is 17.3 Å². The molecule has 1 aliphatic rings. The van der Waals surface area contributed by atoms with Crippen LogP contribution in [-0.2, 0) is 14.8 Å². The summed E-state index contributed by atoms with van der Waals surface area (Å²) in [4.78, 5) is 17.5. The zero-order chi connectivity index (χ0) is 21.1. The lowest BCUT2D eigenvalue weighted by atomic mass is 9.99. The van der Waals surface area contributed by atoms with Gasteiger partial charge in [-0.05, 0) is 43.2 Å². The number of fused-ring (bicyclic) bond motifs is 1. The number of amides is 1. The average molecular weight is 426 g/mol. The minimum Gasteiger partial charge on any atom is -0.497 e. The predicted octanol–water partition coefficient (Wildman–Crippen LogP) is 3.28. The monoisotopic (exact) mass is 425 g/mol. The number of hydrogen-bond donors (Lipinski definition) is 1. The number of piperidine rings is 1. The summed E-state index contributed by atoms with van der Waals surface area (Å²) in [6, 6.07) is 15.7. The first-order valence-electron chi connectivity index (χ1n) is 9.77. The van der Waals surface area contributed by atoms with E-state index in [0.29, 0.717) is 30.8 Å². The fraction of sp³-hybridized carbons (Fsp3) is 0.273. The van der Waals surface area contributed by atoms with Gasteiger partial charge >= 0.3 is 0 Å². The molecule has 8 heteroatoms. The van der Waals surface area contributed by atoms with E-state index in [4.69, 9.17) is 4.74 Å². The van der Waals surface area contributed by atoms with Gasteiger partial charge in [0.15, 0.2) is 0 Å². The van der Waals surface area contributed by atoms with E-state index in [1.807, 2.05) is 24.3 Å². The van der Waals surface area contributed by atoms with Crippen molar-refractivity contribution >= 4 is 32.5 Å². The number of nitrogens with one attached hydrogen (secondary N) is 1. The number of nitrogens with zero attached hydrogens (tertiary/aromatic N) is 2. The summed E-state index contributed by atoms with van der Waals surface area (Å²) >= 11 is 0. The van der Waals surface area contributed by atoms with E-state index in [2.05, 4.69) is 10.3 Å². The van der Waals surface area contributed by atoms with Crippen molar-refractivity contribution in [3.63, 3.8) is 0 Å². The molecule has 1 saturated heterocycles. The van der Waals surface area contributed by atoms with Crippen molar-refractivity contribution in [2.75, 3.05) is 25.5 Å². The van der Waals surface area contributed by atoms with E-state index in [1.165, 1.54) is 4.31 Å². The number of hydrogen-bond acceptors (Lipinski definition) is 5. The normalized spacial score (nSPS) is 17.6. The number of anilines is 1. The number of ether oxygens (including phenoxy) is 1. The second kappa shape index (κ2) is 8.41. The molecule has 1 aromatic heterocycles. The smallest absolute Gasteiger partial charge is 0.243 e. The van der Waals surface area contributed by atoms with Crippen molar-refractivity contribution in [1.82, 2.24) is 9.29 Å². The van der Waals surface area contributed by atoms with Gasteiger partial charge in [-0.25, -0.2) is 8.42 Å². The third-order valence-electron chi connectivity index (χ3n) is 5.29. The molecule has 0 saturated carbocycles. The lowest BCUT2D eigenvalue weighted by Gasteiger charge is -2.31. The van der Waals surface area contributed by atoms with Gasteiger partial charge in [0.25, 0.3) is 0 Å². The minimum atomic E-state index is -3.61. The Labute approximate surface area is 175 Å². The van der Waals surface area contributed by atoms with Crippen LogP contribution in [0.25, 0.3) is 10.9 Å². The third-order valence-corrected chi connectivity index (χ3v) is 7.17. The predicted molar refractivity (Wildman–Crippen MR) is 115 cm³/mol. The number of rotatable bonds is 5. The maximum Gasteiger partial charge on any atom is 0.243 e. The van der Waals surface area contributed by atoms with Crippen molar-refractivity contribution < 1.29 is 17.9 Å². The van der Waals surface area contributed by atoms with Gasteiger partial charge < -0.3 is 10.1 Å². The second-order valence-corrected chi connectivity index (χ2v) is 9.23. The molecule has 1 fully saturated rings. The number of carbonyl (C=O) groups excluding carboxylic acids is 1. The first-order valence-corrected chi connectivity index (χ1v) is 11.2. The number of aromatic nitrogens is 1. The standard InChI is InChI=1S/C22H23N3O4S/c1-29-19-10-9-16-12-18(14-23-21(16)13-19)24-22(26)17-6-5-11-25(15-17)30(27,28)20-7-3-2-4-8-20/h2-4,7-10,12-14,17H,5-6,11,15H2,1H3,(H,24,26)/t17-/m1/s1. The SMILES string of the molecule is COc1ccc2cc(NC(=O)[C@@H]3CCCN(S(=O)(=O)c4ccccc4)C3)cnc2c1. The first kappa shape index (κ1) is 20.3. The highest BCUT2D eigenvalue weighted by Crippen LogP contribution is 2.26. The summed E-state index contributed by atoms with van der Waals surface area (Å²) in [5.74, 6) is 0.107. The van der Waals surface area contributed by atoms with E-state index < -0.39 is 15.9 Å². The average Bonchev–Trinajstić information content (AvgIpc) is 2.79. The molecule has 1 aliphatic heterocycles. The van der Waals surface area contributed by atoms with E-state index in [1.54, 1.807) is 43.6 Å². The molecule has 0 radical (unpaired) electrons. The zero-order valence-electron chi connectivity index (χ0n) is 16.6. The topological polar surface area (TPSA) is 88.6 Å². The van der Waals surface area contributed by atoms with E-state index >= 15 is 0 Å². The van der Waals surface area contributed by atoms with E-state index in [0.717, 1.165) is 10.9 Å². The number of methoxy groups -OCH3 is 1. The molecular formula is C22H23N3O4S. The maximum atomic E-state index is 12.9. The number of benzene rings is 2. The van der Waals surface area contributed by atoms with Crippen LogP contribution < -0.4 is 10.1 Å². The van der Waals surface area contributed by atoms with Gasteiger partial charge in [-0.15, -0.1) is 0 Å². The molecule has 4 rings (SSSR count). The summed E-state index contributed by atoms with van der Waals surface area (Å²) in [7, 11) is -2.01. The molecule has 2 heterocycles. The molecule has 30 heavy (non-hydrogen) atoms. The molecule has 3 aromatic rings. The Morgan fingerprint density at radius 3 is 2.73 bits per heavy atom. The van der Waals surface area contributed by atoms with Gasteiger partial charge in [-0.1, -0.05) is 18.2 Å². The van der Waals surface area contributed by atoms with Gasteiger partial charge in [0.2, 0.25) is 15.9 Å². The first-order chi connectivity index (χ1) is 14.5. The van der Waals surface area contributed by atoms with Crippen molar-refractivity contribution in [3.05, 3.63) is 60.8 Å². The van der Waals surface area contributed by atoms with Crippen molar-refractivity contribution in [3.8, 4) is 5.75 Å². The summed E-state index contributed by atoms with van der Waals surface area (Å²) in [5.41, 5.74) is 1.35. The van der Waals surface area contributed by atoms with Crippen LogP contribution in [0.1, 0.15) is 12.8 Å². The summed E-state index contributed by atoms with van der Waals surface area (Å²) < 4.78 is 32.4. The van der Waals surface area contributed by atoms with Crippen LogP contribution >= 0.6 is 0 Å². The second-order valence-electron chi connectivity index (χ2n) is 7.29. The fourth-order valence-electron chi connectivity index (χ4n) is 3.66. The molecular weight excluding hydrogens is 402 g/mol. The zero-order valence-corrected chi connectivity index (χ0v) is 17.4. The number of carbonyl (C=O) groups is 1. The number of sulfonamides is 1. The molecule has 7 nitrogen and oxygen atoms in total. The molecule has 0 aliphatic carbocycles. The largest absolute Gasteiger partial charge is 0.497 e. The highest BCUT2D eigenvalue weighted by atomic mass is 32.2. The molecule has 156 valence electrons. The summed E-state index contributed by atoms with van der Waals surface area (Å²) in [5, 5.41) is 3.77. The van der Waals surface area contributed by atoms with Crippen LogP contribution in [0.3, 0.4) is 0 Å². The Bertz CT molecular complexity index is 1170. The number of pyridine rings is 1. The van der Waals surface area contributed by atoms with E-state index in [9.17, 15) is 13.2 Å². The molecule has 1 N–H and O–H groups in total. The Hall–Kier alpha value is -2.97. The third kappa shape index (κ3) is 4.15. The van der Waals surface area contributed by atoms with Crippen molar-refractivity contribution in [2.45, 2.75) is 17.7 Å². The molecule has 0 spiro atoms. The van der Waals surface area contributed by atoms with Gasteiger partial charge in [-0.2, -0.15) is 4.31 Å². The highest BCUT2D eigenvalue weighted by molar-refractivity contribution is 7.89. The fourth-order valence-corrected chi connectivity index (χ4v) is 5.20. The van der Waals surface area contributed by atoms with Crippen LogP contribution in [0.4, 0.5) is 5.69 Å². The lowest BCUT2D eigenvalue weighted by molar-refractivity contribution is -0.120. The van der Waals surface area contributed by atoms with Crippen LogP contribution in [0.5, 0.6) is 5.75 Å². The lowest BCUT2D eigenvalue weighted by Crippen LogP contribution is -2.43. The van der Waals surface area contributed by atoms with Crippen LogP contribution in [-0.4, -0.2) is 43.8 Å². The highest BCUT2D eigenvalue weighted by Gasteiger charge is 2.33. The van der Waals surface area contributed by atoms with Gasteiger partial charge in [0, 0.05) is 24.5 Å².